The maximum Gasteiger partial charge on any atom is 0.168 e. The molecule has 3 aromatic rings. The largest absolute Gasteiger partial charge is 0.346 e. The normalized spacial score (nSPS) is 11.3. The Labute approximate surface area is 67.1 Å². The Kier molecular flexibility index (Phi) is 0.864. The van der Waals surface area contributed by atoms with Gasteiger partial charge in [-0.05, 0) is 6.07 Å². The Morgan fingerprint density at radius 3 is 3.33 bits per heavy atom. The molecule has 0 aliphatic carbocycles. The zero-order valence-corrected chi connectivity index (χ0v) is 6.10. The maximum atomic E-state index is 4.15. The summed E-state index contributed by atoms with van der Waals surface area (Å²) in [5, 5.41) is 4.97. The van der Waals surface area contributed by atoms with Crippen molar-refractivity contribution in [3.8, 4) is 0 Å². The number of fused-ring (bicyclic) bond motifs is 3. The van der Waals surface area contributed by atoms with Crippen molar-refractivity contribution < 1.29 is 0 Å². The fourth-order valence-electron chi connectivity index (χ4n) is 1.29. The molecule has 12 heavy (non-hydrogen) atoms. The molecule has 0 aliphatic rings. The van der Waals surface area contributed by atoms with Crippen molar-refractivity contribution in [2.75, 3.05) is 0 Å². The standard InChI is InChI=1S/C7H5N5/c1-2-8-6-5(1)7-9-3-11-12(7)4-10-6/h1-4,8H. The van der Waals surface area contributed by atoms with Crippen LogP contribution < -0.4 is 0 Å². The molecule has 0 unspecified atom stereocenters. The quantitative estimate of drug-likeness (QED) is 0.522. The van der Waals surface area contributed by atoms with E-state index in [2.05, 4.69) is 20.1 Å². The smallest absolute Gasteiger partial charge is 0.168 e. The number of nitrogens with one attached hydrogen (secondary N) is 1. The second-order valence-electron chi connectivity index (χ2n) is 2.51. The third-order valence-electron chi connectivity index (χ3n) is 1.84. The van der Waals surface area contributed by atoms with Crippen molar-refractivity contribution in [3.63, 3.8) is 0 Å². The van der Waals surface area contributed by atoms with Gasteiger partial charge in [0.2, 0.25) is 0 Å². The first-order chi connectivity index (χ1) is 5.95. The van der Waals surface area contributed by atoms with Crippen molar-refractivity contribution in [2.45, 2.75) is 0 Å². The molecular weight excluding hydrogens is 154 g/mol. The molecule has 0 aromatic carbocycles. The summed E-state index contributed by atoms with van der Waals surface area (Å²) in [6, 6.07) is 1.94. The highest BCUT2D eigenvalue weighted by molar-refractivity contribution is 5.88. The Balaban J connectivity index is 2.71. The molecule has 5 nitrogen and oxygen atoms in total. The number of nitrogens with zero attached hydrogens (tertiary/aromatic N) is 4. The third-order valence-corrected chi connectivity index (χ3v) is 1.84. The Hall–Kier alpha value is -1.91. The summed E-state index contributed by atoms with van der Waals surface area (Å²) in [5.41, 5.74) is 1.68. The molecule has 1 N–H and O–H groups in total. The van der Waals surface area contributed by atoms with E-state index in [-0.39, 0.29) is 0 Å². The second-order valence-corrected chi connectivity index (χ2v) is 2.51. The minimum absolute atomic E-state index is 0.834. The minimum Gasteiger partial charge on any atom is -0.346 e. The summed E-state index contributed by atoms with van der Waals surface area (Å²) in [6.07, 6.45) is 5.00. The zero-order chi connectivity index (χ0) is 7.97. The summed E-state index contributed by atoms with van der Waals surface area (Å²) in [4.78, 5) is 11.3. The molecule has 0 fully saturated rings. The van der Waals surface area contributed by atoms with Crippen LogP contribution in [-0.4, -0.2) is 24.6 Å². The predicted molar refractivity (Wildman–Crippen MR) is 42.6 cm³/mol. The molecule has 5 heteroatoms. The van der Waals surface area contributed by atoms with Gasteiger partial charge in [0.05, 0.1) is 5.39 Å². The molecule has 0 saturated heterocycles. The molecule has 58 valence electrons. The Bertz CT molecular complexity index is 485. The number of aromatic nitrogens is 5. The molecule has 0 bridgehead atoms. The second kappa shape index (κ2) is 1.82. The SMILES string of the molecule is c1nc2c3cc[nH]c3ncn2n1. The van der Waals surface area contributed by atoms with Gasteiger partial charge in [0, 0.05) is 6.20 Å². The summed E-state index contributed by atoms with van der Waals surface area (Å²) >= 11 is 0. The van der Waals surface area contributed by atoms with Crippen LogP contribution in [0.25, 0.3) is 16.7 Å². The van der Waals surface area contributed by atoms with Crippen LogP contribution in [0, 0.1) is 0 Å². The van der Waals surface area contributed by atoms with Gasteiger partial charge in [-0.1, -0.05) is 0 Å². The number of H-pyrrole nitrogens is 1. The number of hydrogen-bond donors (Lipinski definition) is 1. The average Bonchev–Trinajstić information content (AvgIpc) is 2.71. The van der Waals surface area contributed by atoms with Crippen molar-refractivity contribution in [1.29, 1.82) is 0 Å². The molecule has 0 atom stereocenters. The number of hydrogen-bond acceptors (Lipinski definition) is 3. The molecule has 0 aliphatic heterocycles. The van der Waals surface area contributed by atoms with E-state index < -0.39 is 0 Å². The van der Waals surface area contributed by atoms with Gasteiger partial charge in [-0.15, -0.1) is 0 Å². The average molecular weight is 159 g/mol. The minimum atomic E-state index is 0.834. The summed E-state index contributed by atoms with van der Waals surface area (Å²) in [5.74, 6) is 0. The third kappa shape index (κ3) is 0.554. The molecule has 0 amide bonds. The fraction of sp³-hybridized carbons (Fsp3) is 0. The molecule has 3 rings (SSSR count). The van der Waals surface area contributed by atoms with Crippen LogP contribution in [0.2, 0.25) is 0 Å². The molecular formula is C7H5N5. The van der Waals surface area contributed by atoms with Gasteiger partial charge in [0.15, 0.2) is 5.65 Å². The van der Waals surface area contributed by atoms with E-state index >= 15 is 0 Å². The van der Waals surface area contributed by atoms with Crippen LogP contribution in [-0.2, 0) is 0 Å². The predicted octanol–water partition coefficient (Wildman–Crippen LogP) is 0.606. The van der Waals surface area contributed by atoms with Crippen molar-refractivity contribution >= 4 is 16.7 Å². The van der Waals surface area contributed by atoms with Gasteiger partial charge in [0.25, 0.3) is 0 Å². The van der Waals surface area contributed by atoms with E-state index in [1.165, 1.54) is 6.33 Å². The van der Waals surface area contributed by atoms with Crippen LogP contribution in [0.15, 0.2) is 24.9 Å². The number of aromatic amines is 1. The molecule has 3 aromatic heterocycles. The van der Waals surface area contributed by atoms with Crippen molar-refractivity contribution in [2.24, 2.45) is 0 Å². The van der Waals surface area contributed by atoms with Crippen molar-refractivity contribution in [1.82, 2.24) is 24.6 Å². The van der Waals surface area contributed by atoms with Gasteiger partial charge in [0.1, 0.15) is 18.3 Å². The monoisotopic (exact) mass is 159 g/mol. The van der Waals surface area contributed by atoms with E-state index in [1.54, 1.807) is 10.8 Å². The fourth-order valence-corrected chi connectivity index (χ4v) is 1.29. The number of rotatable bonds is 0. The molecule has 0 radical (unpaired) electrons. The Morgan fingerprint density at radius 1 is 1.33 bits per heavy atom. The van der Waals surface area contributed by atoms with E-state index in [9.17, 15) is 0 Å². The van der Waals surface area contributed by atoms with Gasteiger partial charge in [-0.3, -0.25) is 0 Å². The first kappa shape index (κ1) is 5.70. The zero-order valence-electron chi connectivity index (χ0n) is 6.10. The lowest BCUT2D eigenvalue weighted by molar-refractivity contribution is 0.932. The first-order valence-electron chi connectivity index (χ1n) is 3.56. The van der Waals surface area contributed by atoms with Crippen LogP contribution in [0.1, 0.15) is 0 Å². The lowest BCUT2D eigenvalue weighted by Gasteiger charge is -1.90. The summed E-state index contributed by atoms with van der Waals surface area (Å²) in [7, 11) is 0. The van der Waals surface area contributed by atoms with Crippen LogP contribution in [0.5, 0.6) is 0 Å². The van der Waals surface area contributed by atoms with Gasteiger partial charge in [-0.2, -0.15) is 5.10 Å². The highest BCUT2D eigenvalue weighted by Gasteiger charge is 2.02. The topological polar surface area (TPSA) is 58.9 Å². The van der Waals surface area contributed by atoms with Crippen LogP contribution in [0.4, 0.5) is 0 Å². The van der Waals surface area contributed by atoms with Gasteiger partial charge in [-0.25, -0.2) is 14.5 Å². The highest BCUT2D eigenvalue weighted by atomic mass is 15.3. The lowest BCUT2D eigenvalue weighted by atomic mass is 10.4. The van der Waals surface area contributed by atoms with E-state index in [0.717, 1.165) is 16.7 Å². The van der Waals surface area contributed by atoms with Crippen LogP contribution in [0.3, 0.4) is 0 Å². The van der Waals surface area contributed by atoms with Gasteiger partial charge >= 0.3 is 0 Å². The lowest BCUT2D eigenvalue weighted by Crippen LogP contribution is -1.89. The maximum absolute atomic E-state index is 4.15. The van der Waals surface area contributed by atoms with Gasteiger partial charge < -0.3 is 4.98 Å². The van der Waals surface area contributed by atoms with Crippen LogP contribution >= 0.6 is 0 Å². The van der Waals surface area contributed by atoms with Crippen molar-refractivity contribution in [3.05, 3.63) is 24.9 Å². The Morgan fingerprint density at radius 2 is 2.33 bits per heavy atom. The highest BCUT2D eigenvalue weighted by Crippen LogP contribution is 2.12. The molecule has 0 spiro atoms. The van der Waals surface area contributed by atoms with E-state index in [1.807, 2.05) is 12.3 Å². The summed E-state index contributed by atoms with van der Waals surface area (Å²) in [6.45, 7) is 0. The van der Waals surface area contributed by atoms with E-state index in [0.29, 0.717) is 0 Å². The molecule has 3 heterocycles. The van der Waals surface area contributed by atoms with E-state index in [4.69, 9.17) is 0 Å². The first-order valence-corrected chi connectivity index (χ1v) is 3.56. The molecule has 0 saturated carbocycles. The summed E-state index contributed by atoms with van der Waals surface area (Å²) < 4.78 is 1.65.